The van der Waals surface area contributed by atoms with Crippen molar-refractivity contribution < 1.29 is 19.0 Å². The summed E-state index contributed by atoms with van der Waals surface area (Å²) in [7, 11) is 0. The van der Waals surface area contributed by atoms with E-state index < -0.39 is 0 Å². The Morgan fingerprint density at radius 2 is 0.738 bits per heavy atom. The fourth-order valence-corrected chi connectivity index (χ4v) is 9.39. The average Bonchev–Trinajstić information content (AvgIpc) is 3.32. The zero-order chi connectivity index (χ0) is 46.5. The molecule has 0 saturated carbocycles. The molecule has 4 nitrogen and oxygen atoms in total. The molecule has 2 aromatic rings. The van der Waals surface area contributed by atoms with Crippen LogP contribution in [-0.4, -0.2) is 31.4 Å². The topological polar surface area (TPSA) is 44.8 Å². The summed E-state index contributed by atoms with van der Waals surface area (Å²) >= 11 is 1.84. The van der Waals surface area contributed by atoms with E-state index in [0.717, 1.165) is 54.2 Å². The first-order valence-corrected chi connectivity index (χ1v) is 29.1. The van der Waals surface area contributed by atoms with Crippen molar-refractivity contribution in [1.82, 2.24) is 0 Å². The molecule has 0 spiro atoms. The second-order valence-corrected chi connectivity index (χ2v) is 20.3. The van der Waals surface area contributed by atoms with Gasteiger partial charge in [-0.1, -0.05) is 246 Å². The number of rotatable bonds is 48. The summed E-state index contributed by atoms with van der Waals surface area (Å²) in [5, 5.41) is 0. The van der Waals surface area contributed by atoms with E-state index in [9.17, 15) is 4.79 Å². The van der Waals surface area contributed by atoms with Crippen LogP contribution in [0.4, 0.5) is 0 Å². The molecule has 0 saturated heterocycles. The molecule has 5 heteroatoms. The second kappa shape index (κ2) is 44.1. The lowest BCUT2D eigenvalue weighted by molar-refractivity contribution is 0.104. The number of hydrogen-bond donors (Lipinski definition) is 0. The highest BCUT2D eigenvalue weighted by Crippen LogP contribution is 2.40. The van der Waals surface area contributed by atoms with Gasteiger partial charge in [0, 0.05) is 10.5 Å². The second-order valence-electron chi connectivity index (χ2n) is 19.1. The number of benzene rings is 2. The van der Waals surface area contributed by atoms with Crippen LogP contribution in [0.5, 0.6) is 17.2 Å². The number of carbonyl (C=O) groups excluding carboxylic acids is 1. The van der Waals surface area contributed by atoms with Gasteiger partial charge >= 0.3 is 0 Å². The summed E-state index contributed by atoms with van der Waals surface area (Å²) in [6.07, 6.45) is 52.2. The van der Waals surface area contributed by atoms with Crippen LogP contribution in [0.15, 0.2) is 47.4 Å². The number of ether oxygens (including phenoxy) is 3. The standard InChI is InChI=1S/C60H102O4S/c1-5-9-12-15-18-21-24-27-30-33-36-39-48-62-58-52-54(42-47-57(61)55-43-45-56(46-44-55)65-51-8-4)53-59(63-49-40-37-34-31-28-25-22-19-16-13-10-6-2)60(58)64-50-41-38-35-32-29-26-23-20-17-14-11-7-3/h42-47,52-53H,5-41,48-51H2,1-4H3. The van der Waals surface area contributed by atoms with E-state index in [2.05, 4.69) is 52.0 Å². The van der Waals surface area contributed by atoms with Crippen molar-refractivity contribution in [2.45, 2.75) is 270 Å². The van der Waals surface area contributed by atoms with Gasteiger partial charge in [0.05, 0.1) is 19.8 Å². The van der Waals surface area contributed by atoms with Crippen molar-refractivity contribution in [2.75, 3.05) is 25.6 Å². The van der Waals surface area contributed by atoms with Gasteiger partial charge in [-0.2, -0.15) is 0 Å². The third-order valence-electron chi connectivity index (χ3n) is 12.8. The molecule has 0 heterocycles. The SMILES string of the molecule is CCCCCCCCCCCCCCOc1cc(C=CC(=O)c2ccc(SCCC)cc2)cc(OCCCCCCCCCCCCCC)c1OCCCCCCCCCCCCCC. The first-order chi connectivity index (χ1) is 32.1. The highest BCUT2D eigenvalue weighted by molar-refractivity contribution is 7.99. The Bertz CT molecular complexity index is 1330. The molecule has 2 rings (SSSR count). The maximum atomic E-state index is 13.4. The van der Waals surface area contributed by atoms with Crippen molar-refractivity contribution in [3.63, 3.8) is 0 Å². The van der Waals surface area contributed by atoms with Gasteiger partial charge in [-0.05, 0) is 79.5 Å². The Kier molecular flexibility index (Phi) is 39.9. The van der Waals surface area contributed by atoms with Gasteiger partial charge in [0.1, 0.15) is 0 Å². The van der Waals surface area contributed by atoms with Crippen molar-refractivity contribution in [2.24, 2.45) is 0 Å². The zero-order valence-electron chi connectivity index (χ0n) is 43.2. The number of ketones is 1. The monoisotopic (exact) mass is 919 g/mol. The van der Waals surface area contributed by atoms with Crippen molar-refractivity contribution in [3.8, 4) is 17.2 Å². The van der Waals surface area contributed by atoms with Gasteiger partial charge in [0.15, 0.2) is 17.3 Å². The van der Waals surface area contributed by atoms with Gasteiger partial charge in [-0.15, -0.1) is 11.8 Å². The minimum atomic E-state index is 0.00210. The first kappa shape index (κ1) is 58.7. The molecule has 0 aliphatic rings. The van der Waals surface area contributed by atoms with Crippen LogP contribution in [0.2, 0.25) is 0 Å². The minimum absolute atomic E-state index is 0.00210. The smallest absolute Gasteiger partial charge is 0.203 e. The molecule has 0 aliphatic carbocycles. The van der Waals surface area contributed by atoms with Gasteiger partial charge < -0.3 is 14.2 Å². The molecular formula is C60H102O4S. The van der Waals surface area contributed by atoms with E-state index in [0.29, 0.717) is 25.4 Å². The number of hydrogen-bond acceptors (Lipinski definition) is 5. The lowest BCUT2D eigenvalue weighted by atomic mass is 10.1. The molecule has 372 valence electrons. The largest absolute Gasteiger partial charge is 0.490 e. The number of carbonyl (C=O) groups is 1. The summed E-state index contributed by atoms with van der Waals surface area (Å²) in [6, 6.07) is 12.1. The molecule has 0 bridgehead atoms. The maximum absolute atomic E-state index is 13.4. The van der Waals surface area contributed by atoms with Gasteiger partial charge in [-0.3, -0.25) is 4.79 Å². The van der Waals surface area contributed by atoms with E-state index in [-0.39, 0.29) is 5.78 Å². The van der Waals surface area contributed by atoms with Crippen LogP contribution in [0.1, 0.15) is 281 Å². The number of allylic oxidation sites excluding steroid dienone is 1. The summed E-state index contributed by atoms with van der Waals surface area (Å²) in [5.74, 6) is 3.30. The predicted molar refractivity (Wildman–Crippen MR) is 287 cm³/mol. The van der Waals surface area contributed by atoms with Crippen molar-refractivity contribution in [1.29, 1.82) is 0 Å². The van der Waals surface area contributed by atoms with E-state index in [4.69, 9.17) is 14.2 Å². The molecule has 0 amide bonds. The van der Waals surface area contributed by atoms with E-state index >= 15 is 0 Å². The van der Waals surface area contributed by atoms with E-state index in [1.807, 2.05) is 30.0 Å². The molecule has 0 N–H and O–H groups in total. The lowest BCUT2D eigenvalue weighted by Gasteiger charge is -2.18. The van der Waals surface area contributed by atoms with Gasteiger partial charge in [0.2, 0.25) is 5.75 Å². The third-order valence-corrected chi connectivity index (χ3v) is 14.1. The molecule has 0 aromatic heterocycles. The maximum Gasteiger partial charge on any atom is 0.203 e. The molecule has 0 radical (unpaired) electrons. The van der Waals surface area contributed by atoms with Crippen LogP contribution in [-0.2, 0) is 0 Å². The number of thioether (sulfide) groups is 1. The minimum Gasteiger partial charge on any atom is -0.490 e. The van der Waals surface area contributed by atoms with Gasteiger partial charge in [-0.25, -0.2) is 0 Å². The fourth-order valence-electron chi connectivity index (χ4n) is 8.62. The Balaban J connectivity index is 2.06. The number of unbranched alkanes of at least 4 members (excludes halogenated alkanes) is 33. The molecule has 65 heavy (non-hydrogen) atoms. The molecule has 0 fully saturated rings. The van der Waals surface area contributed by atoms with Gasteiger partial charge in [0.25, 0.3) is 0 Å². The van der Waals surface area contributed by atoms with Crippen molar-refractivity contribution >= 4 is 23.6 Å². The van der Waals surface area contributed by atoms with Crippen LogP contribution >= 0.6 is 11.8 Å². The van der Waals surface area contributed by atoms with Crippen LogP contribution in [0.3, 0.4) is 0 Å². The quantitative estimate of drug-likeness (QED) is 0.0286. The normalized spacial score (nSPS) is 11.5. The van der Waals surface area contributed by atoms with E-state index in [1.165, 1.54) is 217 Å². The molecule has 2 aromatic carbocycles. The summed E-state index contributed by atoms with van der Waals surface area (Å²) in [4.78, 5) is 14.6. The van der Waals surface area contributed by atoms with Crippen LogP contribution < -0.4 is 14.2 Å². The molecule has 0 atom stereocenters. The molecular weight excluding hydrogens is 817 g/mol. The van der Waals surface area contributed by atoms with Crippen LogP contribution in [0, 0.1) is 0 Å². The first-order valence-electron chi connectivity index (χ1n) is 28.1. The zero-order valence-corrected chi connectivity index (χ0v) is 44.0. The average molecular weight is 920 g/mol. The highest BCUT2D eigenvalue weighted by atomic mass is 32.2. The molecule has 0 aliphatic heterocycles. The van der Waals surface area contributed by atoms with Crippen LogP contribution in [0.25, 0.3) is 6.08 Å². The predicted octanol–water partition coefficient (Wildman–Crippen LogP) is 20.3. The lowest BCUT2D eigenvalue weighted by Crippen LogP contribution is -2.07. The highest BCUT2D eigenvalue weighted by Gasteiger charge is 2.16. The van der Waals surface area contributed by atoms with Crippen molar-refractivity contribution in [3.05, 3.63) is 53.6 Å². The Hall–Kier alpha value is -2.40. The summed E-state index contributed by atoms with van der Waals surface area (Å²) in [5.41, 5.74) is 1.61. The Labute approximate surface area is 407 Å². The third kappa shape index (κ3) is 32.9. The van der Waals surface area contributed by atoms with E-state index in [1.54, 1.807) is 6.08 Å². The fraction of sp³-hybridized carbons (Fsp3) is 0.750. The Morgan fingerprint density at radius 1 is 0.415 bits per heavy atom. The summed E-state index contributed by atoms with van der Waals surface area (Å²) in [6.45, 7) is 11.0. The summed E-state index contributed by atoms with van der Waals surface area (Å²) < 4.78 is 19.8. The molecule has 0 unspecified atom stereocenters. The Morgan fingerprint density at radius 3 is 1.08 bits per heavy atom.